The van der Waals surface area contributed by atoms with Gasteiger partial charge in [0.25, 0.3) is 0 Å². The Labute approximate surface area is 127 Å². The number of nitrogens with zero attached hydrogens (tertiary/aromatic N) is 3. The Kier molecular flexibility index (Phi) is 5.81. The van der Waals surface area contributed by atoms with Crippen molar-refractivity contribution in [2.24, 2.45) is 0 Å². The molecule has 1 aliphatic heterocycles. The van der Waals surface area contributed by atoms with Crippen molar-refractivity contribution >= 4 is 16.5 Å². The molecule has 2 heterocycles. The van der Waals surface area contributed by atoms with E-state index >= 15 is 0 Å². The van der Waals surface area contributed by atoms with Crippen LogP contribution in [-0.4, -0.2) is 49.2 Å². The third kappa shape index (κ3) is 3.71. The second-order valence-corrected chi connectivity index (χ2v) is 6.76. The molecule has 1 aliphatic rings. The zero-order valence-electron chi connectivity index (χ0n) is 13.3. The second-order valence-electron chi connectivity index (χ2n) is 5.70. The van der Waals surface area contributed by atoms with Gasteiger partial charge in [0.15, 0.2) is 5.13 Å². The Morgan fingerprint density at radius 1 is 1.35 bits per heavy atom. The van der Waals surface area contributed by atoms with Crippen LogP contribution < -0.4 is 10.2 Å². The number of piperazine rings is 1. The van der Waals surface area contributed by atoms with Crippen LogP contribution in [0, 0.1) is 0 Å². The molecular formula is C15H28N4S. The molecule has 20 heavy (non-hydrogen) atoms. The summed E-state index contributed by atoms with van der Waals surface area (Å²) in [6.45, 7) is 12.1. The highest BCUT2D eigenvalue weighted by atomic mass is 32.1. The Morgan fingerprint density at radius 2 is 2.15 bits per heavy atom. The van der Waals surface area contributed by atoms with E-state index in [0.717, 1.165) is 39.1 Å². The summed E-state index contributed by atoms with van der Waals surface area (Å²) in [4.78, 5) is 11.2. The highest BCUT2D eigenvalue weighted by Gasteiger charge is 2.24. The van der Waals surface area contributed by atoms with Crippen LogP contribution in [0.15, 0.2) is 0 Å². The average molecular weight is 296 g/mol. The molecule has 0 spiro atoms. The fourth-order valence-electron chi connectivity index (χ4n) is 2.71. The van der Waals surface area contributed by atoms with Crippen molar-refractivity contribution in [3.8, 4) is 0 Å². The van der Waals surface area contributed by atoms with Crippen molar-refractivity contribution in [2.75, 3.05) is 38.1 Å². The molecule has 5 heteroatoms. The van der Waals surface area contributed by atoms with E-state index in [1.807, 2.05) is 11.3 Å². The lowest BCUT2D eigenvalue weighted by molar-refractivity contribution is 0.275. The molecule has 1 saturated heterocycles. The van der Waals surface area contributed by atoms with Gasteiger partial charge >= 0.3 is 0 Å². The molecule has 0 bridgehead atoms. The largest absolute Gasteiger partial charge is 0.343 e. The molecule has 0 amide bonds. The zero-order valence-corrected chi connectivity index (χ0v) is 14.1. The molecular weight excluding hydrogens is 268 g/mol. The Balaban J connectivity index is 2.08. The van der Waals surface area contributed by atoms with Crippen LogP contribution in [0.5, 0.6) is 0 Å². The predicted molar refractivity (Wildman–Crippen MR) is 87.8 cm³/mol. The Morgan fingerprint density at radius 3 is 2.80 bits per heavy atom. The van der Waals surface area contributed by atoms with Crippen LogP contribution in [0.2, 0.25) is 0 Å². The van der Waals surface area contributed by atoms with Crippen molar-refractivity contribution in [1.82, 2.24) is 15.2 Å². The van der Waals surface area contributed by atoms with Gasteiger partial charge in [-0.2, -0.15) is 0 Å². The summed E-state index contributed by atoms with van der Waals surface area (Å²) < 4.78 is 0. The summed E-state index contributed by atoms with van der Waals surface area (Å²) in [6, 6.07) is 0.557. The third-order valence-corrected chi connectivity index (χ3v) is 5.03. The number of anilines is 1. The maximum atomic E-state index is 4.89. The molecule has 1 N–H and O–H groups in total. The van der Waals surface area contributed by atoms with Gasteiger partial charge in [0.2, 0.25) is 0 Å². The van der Waals surface area contributed by atoms with Gasteiger partial charge in [0.1, 0.15) is 0 Å². The predicted octanol–water partition coefficient (Wildman–Crippen LogP) is 2.35. The monoisotopic (exact) mass is 296 g/mol. The third-order valence-electron chi connectivity index (χ3n) is 3.89. The fourth-order valence-corrected chi connectivity index (χ4v) is 3.96. The molecule has 1 aromatic rings. The standard InChI is InChI=1S/C15H28N4S/c1-5-7-16-10-14-13(6-2)17-15(20-14)19-9-8-18(4)11-12(19)3/h12,16H,5-11H2,1-4H3. The number of aromatic nitrogens is 1. The number of rotatable bonds is 6. The van der Waals surface area contributed by atoms with E-state index in [2.05, 4.69) is 42.9 Å². The number of thiazole rings is 1. The van der Waals surface area contributed by atoms with Crippen LogP contribution in [0.3, 0.4) is 0 Å². The molecule has 114 valence electrons. The molecule has 0 saturated carbocycles. The lowest BCUT2D eigenvalue weighted by Gasteiger charge is -2.38. The molecule has 0 radical (unpaired) electrons. The molecule has 1 fully saturated rings. The Hall–Kier alpha value is -0.650. The van der Waals surface area contributed by atoms with Crippen molar-refractivity contribution in [3.63, 3.8) is 0 Å². The summed E-state index contributed by atoms with van der Waals surface area (Å²) in [5, 5.41) is 4.72. The lowest BCUT2D eigenvalue weighted by Crippen LogP contribution is -2.50. The SMILES string of the molecule is CCCNCc1sc(N2CCN(C)CC2C)nc1CC. The summed E-state index contributed by atoms with van der Waals surface area (Å²) in [5.41, 5.74) is 1.28. The summed E-state index contributed by atoms with van der Waals surface area (Å²) >= 11 is 1.88. The van der Waals surface area contributed by atoms with Crippen molar-refractivity contribution in [1.29, 1.82) is 0 Å². The number of hydrogen-bond acceptors (Lipinski definition) is 5. The van der Waals surface area contributed by atoms with E-state index in [0.29, 0.717) is 6.04 Å². The molecule has 4 nitrogen and oxygen atoms in total. The normalized spacial score (nSPS) is 20.6. The average Bonchev–Trinajstić information content (AvgIpc) is 2.82. The van der Waals surface area contributed by atoms with Gasteiger partial charge in [-0.1, -0.05) is 13.8 Å². The first-order valence-corrected chi connectivity index (χ1v) is 8.61. The molecule has 1 aromatic heterocycles. The number of likely N-dealkylation sites (N-methyl/N-ethyl adjacent to an activating group) is 1. The van der Waals surface area contributed by atoms with Crippen LogP contribution >= 0.6 is 11.3 Å². The van der Waals surface area contributed by atoms with Gasteiger partial charge in [-0.05, 0) is 33.4 Å². The lowest BCUT2D eigenvalue weighted by atomic mass is 10.2. The van der Waals surface area contributed by atoms with E-state index < -0.39 is 0 Å². The van der Waals surface area contributed by atoms with Gasteiger partial charge in [0.05, 0.1) is 5.69 Å². The maximum Gasteiger partial charge on any atom is 0.186 e. The molecule has 1 atom stereocenters. The van der Waals surface area contributed by atoms with Crippen molar-refractivity contribution in [2.45, 2.75) is 46.2 Å². The summed E-state index contributed by atoms with van der Waals surface area (Å²) in [5.74, 6) is 0. The fraction of sp³-hybridized carbons (Fsp3) is 0.800. The summed E-state index contributed by atoms with van der Waals surface area (Å²) in [6.07, 6.45) is 2.21. The smallest absolute Gasteiger partial charge is 0.186 e. The molecule has 0 aliphatic carbocycles. The number of hydrogen-bond donors (Lipinski definition) is 1. The van der Waals surface area contributed by atoms with E-state index in [9.17, 15) is 0 Å². The van der Waals surface area contributed by atoms with E-state index in [4.69, 9.17) is 4.98 Å². The van der Waals surface area contributed by atoms with Gasteiger partial charge in [-0.3, -0.25) is 0 Å². The highest BCUT2D eigenvalue weighted by molar-refractivity contribution is 7.15. The van der Waals surface area contributed by atoms with Gasteiger partial charge < -0.3 is 15.1 Å². The van der Waals surface area contributed by atoms with Crippen LogP contribution in [0.25, 0.3) is 0 Å². The van der Waals surface area contributed by atoms with Crippen molar-refractivity contribution in [3.05, 3.63) is 10.6 Å². The van der Waals surface area contributed by atoms with Gasteiger partial charge in [-0.25, -0.2) is 4.98 Å². The summed E-state index contributed by atoms with van der Waals surface area (Å²) in [7, 11) is 2.20. The minimum absolute atomic E-state index is 0.557. The van der Waals surface area contributed by atoms with Crippen LogP contribution in [0.4, 0.5) is 5.13 Å². The molecule has 2 rings (SSSR count). The zero-order chi connectivity index (χ0) is 14.5. The Bertz CT molecular complexity index is 418. The first-order valence-electron chi connectivity index (χ1n) is 7.80. The first-order chi connectivity index (χ1) is 9.65. The van der Waals surface area contributed by atoms with Gasteiger partial charge in [0, 0.05) is 37.1 Å². The highest BCUT2D eigenvalue weighted by Crippen LogP contribution is 2.29. The minimum Gasteiger partial charge on any atom is -0.343 e. The first kappa shape index (κ1) is 15.7. The van der Waals surface area contributed by atoms with Crippen LogP contribution in [0.1, 0.15) is 37.8 Å². The van der Waals surface area contributed by atoms with Gasteiger partial charge in [-0.15, -0.1) is 11.3 Å². The topological polar surface area (TPSA) is 31.4 Å². The number of aryl methyl sites for hydroxylation is 1. The quantitative estimate of drug-likeness (QED) is 0.817. The van der Waals surface area contributed by atoms with E-state index in [-0.39, 0.29) is 0 Å². The maximum absolute atomic E-state index is 4.89. The molecule has 0 aromatic carbocycles. The minimum atomic E-state index is 0.557. The molecule has 1 unspecified atom stereocenters. The second kappa shape index (κ2) is 7.38. The van der Waals surface area contributed by atoms with E-state index in [1.54, 1.807) is 0 Å². The number of nitrogens with one attached hydrogen (secondary N) is 1. The van der Waals surface area contributed by atoms with Crippen LogP contribution in [-0.2, 0) is 13.0 Å². The van der Waals surface area contributed by atoms with Crippen molar-refractivity contribution < 1.29 is 0 Å². The van der Waals surface area contributed by atoms with E-state index in [1.165, 1.54) is 22.1 Å².